The second-order valence-corrected chi connectivity index (χ2v) is 5.72. The summed E-state index contributed by atoms with van der Waals surface area (Å²) in [6.45, 7) is 5.15. The van der Waals surface area contributed by atoms with Gasteiger partial charge >= 0.3 is 0 Å². The lowest BCUT2D eigenvalue weighted by atomic mass is 10.1. The van der Waals surface area contributed by atoms with Gasteiger partial charge in [-0.1, -0.05) is 6.07 Å². The average Bonchev–Trinajstić information content (AvgIpc) is 2.99. The molecular weight excluding hydrogens is 322 g/mol. The number of rotatable bonds is 5. The normalized spacial score (nSPS) is 17.0. The van der Waals surface area contributed by atoms with Crippen LogP contribution in [0.25, 0.3) is 0 Å². The van der Waals surface area contributed by atoms with Crippen molar-refractivity contribution in [2.45, 2.75) is 38.8 Å². The summed E-state index contributed by atoms with van der Waals surface area (Å²) < 4.78 is 5.57. The van der Waals surface area contributed by atoms with Gasteiger partial charge in [0, 0.05) is 18.3 Å². The highest BCUT2D eigenvalue weighted by molar-refractivity contribution is 7.80. The van der Waals surface area contributed by atoms with Gasteiger partial charge < -0.3 is 15.0 Å². The molecule has 0 bridgehead atoms. The highest BCUT2D eigenvalue weighted by Gasteiger charge is 2.26. The number of halogens is 1. The van der Waals surface area contributed by atoms with Crippen molar-refractivity contribution in [1.82, 2.24) is 15.2 Å². The maximum Gasteiger partial charge on any atom is 0.266 e. The van der Waals surface area contributed by atoms with Crippen molar-refractivity contribution in [3.63, 3.8) is 0 Å². The lowest BCUT2D eigenvalue weighted by Gasteiger charge is -2.28. The van der Waals surface area contributed by atoms with Crippen molar-refractivity contribution in [2.24, 2.45) is 0 Å². The smallest absolute Gasteiger partial charge is 0.266 e. The lowest BCUT2D eigenvalue weighted by molar-refractivity contribution is -0.121. The van der Waals surface area contributed by atoms with Gasteiger partial charge in [-0.25, -0.2) is 4.98 Å². The summed E-state index contributed by atoms with van der Waals surface area (Å²) in [4.78, 5) is 18.2. The van der Waals surface area contributed by atoms with Crippen molar-refractivity contribution in [3.05, 3.63) is 24.4 Å². The van der Waals surface area contributed by atoms with Gasteiger partial charge in [-0.3, -0.25) is 4.79 Å². The molecule has 0 aliphatic carbocycles. The van der Waals surface area contributed by atoms with E-state index in [1.807, 2.05) is 26.0 Å². The average molecular weight is 344 g/mol. The molecule has 1 fully saturated rings. The third kappa shape index (κ3) is 5.19. The van der Waals surface area contributed by atoms with Gasteiger partial charge in [-0.15, -0.1) is 12.4 Å². The number of thiocarbonyl (C=S) groups is 1. The van der Waals surface area contributed by atoms with Crippen LogP contribution in [0.15, 0.2) is 24.4 Å². The summed E-state index contributed by atoms with van der Waals surface area (Å²) in [5, 5.41) is 3.50. The molecule has 1 aromatic heterocycles. The Morgan fingerprint density at radius 3 is 2.86 bits per heavy atom. The number of aromatic nitrogens is 1. The standard InChI is InChI=1S/C15H21N3O2S.ClH/c1-11(2)18(10-13(19)12-6-5-9-16-12)15(21)20-14-7-3-4-8-17-14;/h3-4,7-8,11-12,16H,5-6,9-10H2,1-2H3;1H/t12-;/m1./s1. The molecule has 1 aliphatic rings. The van der Waals surface area contributed by atoms with Gasteiger partial charge in [-0.2, -0.15) is 0 Å². The molecule has 1 saturated heterocycles. The molecule has 0 unspecified atom stereocenters. The summed E-state index contributed by atoms with van der Waals surface area (Å²) in [6, 6.07) is 5.42. The number of ether oxygens (including phenoxy) is 1. The summed E-state index contributed by atoms with van der Waals surface area (Å²) in [5.74, 6) is 0.604. The number of hydrogen-bond acceptors (Lipinski definition) is 5. The molecular formula is C15H22ClN3O2S. The fourth-order valence-electron chi connectivity index (χ4n) is 2.25. The topological polar surface area (TPSA) is 54.5 Å². The second kappa shape index (κ2) is 9.02. The number of carbonyl (C=O) groups is 1. The van der Waals surface area contributed by atoms with Crippen LogP contribution < -0.4 is 10.1 Å². The number of nitrogens with zero attached hydrogens (tertiary/aromatic N) is 2. The largest absolute Gasteiger partial charge is 0.413 e. The minimum Gasteiger partial charge on any atom is -0.413 e. The molecule has 1 aromatic rings. The Balaban J connectivity index is 0.00000242. The highest BCUT2D eigenvalue weighted by atomic mass is 35.5. The Labute approximate surface area is 142 Å². The van der Waals surface area contributed by atoms with Gasteiger partial charge in [0.25, 0.3) is 5.17 Å². The molecule has 0 aromatic carbocycles. The van der Waals surface area contributed by atoms with E-state index in [2.05, 4.69) is 10.3 Å². The Morgan fingerprint density at radius 1 is 1.55 bits per heavy atom. The maximum atomic E-state index is 12.3. The fourth-order valence-corrected chi connectivity index (χ4v) is 2.61. The molecule has 1 N–H and O–H groups in total. The monoisotopic (exact) mass is 343 g/mol. The first kappa shape index (κ1) is 18.8. The van der Waals surface area contributed by atoms with Gasteiger partial charge in [0.1, 0.15) is 0 Å². The van der Waals surface area contributed by atoms with Crippen molar-refractivity contribution < 1.29 is 9.53 Å². The van der Waals surface area contributed by atoms with Crippen LogP contribution in [-0.2, 0) is 4.79 Å². The Kier molecular flexibility index (Phi) is 7.72. The van der Waals surface area contributed by atoms with Gasteiger partial charge in [0.05, 0.1) is 12.6 Å². The number of hydrogen-bond donors (Lipinski definition) is 1. The number of nitrogens with one attached hydrogen (secondary N) is 1. The van der Waals surface area contributed by atoms with Crippen LogP contribution in [0.3, 0.4) is 0 Å². The first-order chi connectivity index (χ1) is 10.1. The van der Waals surface area contributed by atoms with E-state index in [0.717, 1.165) is 19.4 Å². The minimum absolute atomic E-state index is 0. The van der Waals surface area contributed by atoms with Gasteiger partial charge in [-0.05, 0) is 51.5 Å². The molecule has 22 heavy (non-hydrogen) atoms. The Morgan fingerprint density at radius 2 is 2.32 bits per heavy atom. The third-order valence-electron chi connectivity index (χ3n) is 3.46. The molecule has 1 aliphatic heterocycles. The van der Waals surface area contributed by atoms with Gasteiger partial charge in [0.15, 0.2) is 5.78 Å². The van der Waals surface area contributed by atoms with E-state index in [4.69, 9.17) is 17.0 Å². The van der Waals surface area contributed by atoms with E-state index in [1.165, 1.54) is 0 Å². The van der Waals surface area contributed by atoms with E-state index in [9.17, 15) is 4.79 Å². The molecule has 122 valence electrons. The van der Waals surface area contributed by atoms with Crippen LogP contribution in [0, 0.1) is 0 Å². The first-order valence-corrected chi connectivity index (χ1v) is 7.64. The molecule has 5 nitrogen and oxygen atoms in total. The Bertz CT molecular complexity index is 493. The van der Waals surface area contributed by atoms with Crippen LogP contribution in [0.1, 0.15) is 26.7 Å². The number of carbonyl (C=O) groups excluding carboxylic acids is 1. The summed E-state index contributed by atoms with van der Waals surface area (Å²) >= 11 is 5.32. The van der Waals surface area contributed by atoms with Crippen LogP contribution in [0.5, 0.6) is 5.88 Å². The summed E-state index contributed by atoms with van der Waals surface area (Å²) in [7, 11) is 0. The summed E-state index contributed by atoms with van der Waals surface area (Å²) in [6.07, 6.45) is 3.59. The van der Waals surface area contributed by atoms with Crippen LogP contribution in [0.4, 0.5) is 0 Å². The van der Waals surface area contributed by atoms with E-state index in [0.29, 0.717) is 5.88 Å². The molecule has 0 saturated carbocycles. The number of Topliss-reactive ketones (excluding diaryl/α,β-unsaturated/α-hetero) is 1. The molecule has 0 radical (unpaired) electrons. The van der Waals surface area contributed by atoms with E-state index in [-0.39, 0.29) is 42.0 Å². The van der Waals surface area contributed by atoms with Gasteiger partial charge in [0.2, 0.25) is 5.88 Å². The Hall–Kier alpha value is -1.24. The molecule has 0 amide bonds. The number of pyridine rings is 1. The van der Waals surface area contributed by atoms with E-state index in [1.54, 1.807) is 17.2 Å². The molecule has 1 atom stereocenters. The minimum atomic E-state index is -0.0519. The fraction of sp³-hybridized carbons (Fsp3) is 0.533. The van der Waals surface area contributed by atoms with E-state index >= 15 is 0 Å². The molecule has 0 spiro atoms. The quantitative estimate of drug-likeness (QED) is 0.827. The third-order valence-corrected chi connectivity index (χ3v) is 3.78. The molecule has 7 heteroatoms. The molecule has 2 rings (SSSR count). The first-order valence-electron chi connectivity index (χ1n) is 7.23. The zero-order valence-electron chi connectivity index (χ0n) is 12.8. The summed E-state index contributed by atoms with van der Waals surface area (Å²) in [5.41, 5.74) is 0. The zero-order valence-corrected chi connectivity index (χ0v) is 14.5. The van der Waals surface area contributed by atoms with Crippen LogP contribution >= 0.6 is 24.6 Å². The van der Waals surface area contributed by atoms with Crippen LogP contribution in [-0.4, -0.2) is 46.0 Å². The van der Waals surface area contributed by atoms with Crippen molar-refractivity contribution in [3.8, 4) is 5.88 Å². The van der Waals surface area contributed by atoms with Crippen LogP contribution in [0.2, 0.25) is 0 Å². The molecule has 2 heterocycles. The second-order valence-electron chi connectivity index (χ2n) is 5.37. The highest BCUT2D eigenvalue weighted by Crippen LogP contribution is 2.11. The van der Waals surface area contributed by atoms with E-state index < -0.39 is 0 Å². The lowest BCUT2D eigenvalue weighted by Crippen LogP contribution is -2.46. The SMILES string of the molecule is CC(C)N(CC(=O)[C@H]1CCCN1)C(=S)Oc1ccccn1.Cl. The predicted octanol–water partition coefficient (Wildman–Crippen LogP) is 2.20. The maximum absolute atomic E-state index is 12.3. The zero-order chi connectivity index (χ0) is 15.2. The predicted molar refractivity (Wildman–Crippen MR) is 92.6 cm³/mol. The van der Waals surface area contributed by atoms with Crippen molar-refractivity contribution in [2.75, 3.05) is 13.1 Å². The number of ketones is 1. The van der Waals surface area contributed by atoms with Crippen molar-refractivity contribution in [1.29, 1.82) is 0 Å². The van der Waals surface area contributed by atoms with Crippen molar-refractivity contribution >= 4 is 35.6 Å².